The van der Waals surface area contributed by atoms with E-state index in [1.807, 2.05) is 25.1 Å². The van der Waals surface area contributed by atoms with E-state index < -0.39 is 5.82 Å². The van der Waals surface area contributed by atoms with Gasteiger partial charge in [-0.05, 0) is 59.3 Å². The predicted octanol–water partition coefficient (Wildman–Crippen LogP) is 2.16. The molecule has 2 N–H and O–H groups in total. The molecule has 7 nitrogen and oxygen atoms in total. The predicted molar refractivity (Wildman–Crippen MR) is 87.4 cm³/mol. The van der Waals surface area contributed by atoms with Crippen LogP contribution in [-0.4, -0.2) is 32.7 Å². The van der Waals surface area contributed by atoms with Crippen LogP contribution in [0.3, 0.4) is 0 Å². The minimum Gasteiger partial charge on any atom is -0.376 e. The number of carbonyl (C=O) groups is 1. The fraction of sp³-hybridized carbons (Fsp3) is 0.125. The normalized spacial score (nSPS) is 10.4. The Morgan fingerprint density at radius 2 is 2.08 bits per heavy atom. The molecule has 1 aromatic heterocycles. The molecule has 0 saturated carbocycles. The highest BCUT2D eigenvalue weighted by Gasteiger charge is 2.06. The Hall–Kier alpha value is -3.29. The number of tetrazole rings is 1. The molecule has 0 radical (unpaired) electrons. The fourth-order valence-corrected chi connectivity index (χ4v) is 2.25. The molecular formula is C16H15FN6O. The molecule has 0 aliphatic carbocycles. The highest BCUT2D eigenvalue weighted by atomic mass is 19.1. The van der Waals surface area contributed by atoms with Crippen molar-refractivity contribution in [2.75, 3.05) is 17.2 Å². The Balaban J connectivity index is 1.60. The number of aromatic nitrogens is 4. The van der Waals surface area contributed by atoms with Gasteiger partial charge in [-0.2, -0.15) is 0 Å². The van der Waals surface area contributed by atoms with Crippen LogP contribution < -0.4 is 10.6 Å². The van der Waals surface area contributed by atoms with Crippen LogP contribution in [0.2, 0.25) is 0 Å². The number of halogens is 1. The Morgan fingerprint density at radius 1 is 1.21 bits per heavy atom. The van der Waals surface area contributed by atoms with Gasteiger partial charge in [-0.25, -0.2) is 9.07 Å². The molecule has 8 heteroatoms. The van der Waals surface area contributed by atoms with Gasteiger partial charge in [-0.15, -0.1) is 5.10 Å². The van der Waals surface area contributed by atoms with Crippen molar-refractivity contribution < 1.29 is 9.18 Å². The number of aryl methyl sites for hydroxylation is 1. The molecule has 24 heavy (non-hydrogen) atoms. The van der Waals surface area contributed by atoms with Crippen molar-refractivity contribution in [2.24, 2.45) is 0 Å². The lowest BCUT2D eigenvalue weighted by molar-refractivity contribution is -0.114. The first-order valence-electron chi connectivity index (χ1n) is 7.25. The largest absolute Gasteiger partial charge is 0.376 e. The van der Waals surface area contributed by atoms with Crippen LogP contribution in [0.1, 0.15) is 5.56 Å². The van der Waals surface area contributed by atoms with Crippen LogP contribution in [0.25, 0.3) is 5.69 Å². The van der Waals surface area contributed by atoms with E-state index >= 15 is 0 Å². The SMILES string of the molecule is Cc1cc(NCC(=O)Nc2cccc(F)c2)ccc1-n1cnnn1. The fourth-order valence-electron chi connectivity index (χ4n) is 2.25. The number of hydrogen-bond donors (Lipinski definition) is 2. The van der Waals surface area contributed by atoms with Crippen LogP contribution in [-0.2, 0) is 4.79 Å². The molecule has 0 saturated heterocycles. The van der Waals surface area contributed by atoms with Crippen molar-refractivity contribution in [3.63, 3.8) is 0 Å². The molecule has 0 spiro atoms. The summed E-state index contributed by atoms with van der Waals surface area (Å²) in [6.45, 7) is 2.00. The van der Waals surface area contributed by atoms with Gasteiger partial charge in [-0.1, -0.05) is 6.07 Å². The van der Waals surface area contributed by atoms with Crippen molar-refractivity contribution in [1.82, 2.24) is 20.2 Å². The van der Waals surface area contributed by atoms with Gasteiger partial charge in [0.05, 0.1) is 12.2 Å². The van der Waals surface area contributed by atoms with E-state index in [1.54, 1.807) is 16.8 Å². The molecule has 0 fully saturated rings. The molecule has 0 aliphatic heterocycles. The summed E-state index contributed by atoms with van der Waals surface area (Å²) in [5.41, 5.74) is 3.03. The molecule has 3 rings (SSSR count). The van der Waals surface area contributed by atoms with E-state index in [0.29, 0.717) is 5.69 Å². The van der Waals surface area contributed by atoms with Gasteiger partial charge in [0.1, 0.15) is 12.1 Å². The maximum Gasteiger partial charge on any atom is 0.243 e. The van der Waals surface area contributed by atoms with Gasteiger partial charge >= 0.3 is 0 Å². The average molecular weight is 326 g/mol. The monoisotopic (exact) mass is 326 g/mol. The van der Waals surface area contributed by atoms with E-state index in [1.165, 1.54) is 18.5 Å². The third kappa shape index (κ3) is 3.72. The first kappa shape index (κ1) is 15.6. The van der Waals surface area contributed by atoms with Gasteiger partial charge in [0.15, 0.2) is 0 Å². The van der Waals surface area contributed by atoms with Crippen LogP contribution in [0, 0.1) is 12.7 Å². The maximum atomic E-state index is 13.1. The molecule has 122 valence electrons. The molecule has 0 aliphatic rings. The standard InChI is InChI=1S/C16H15FN6O/c1-11-7-13(5-6-15(11)23-10-19-21-22-23)18-9-16(24)20-14-4-2-3-12(17)8-14/h2-8,10,18H,9H2,1H3,(H,20,24). The van der Waals surface area contributed by atoms with Crippen LogP contribution in [0.15, 0.2) is 48.8 Å². The molecule has 0 atom stereocenters. The third-order valence-electron chi connectivity index (χ3n) is 3.35. The second kappa shape index (κ2) is 6.86. The summed E-state index contributed by atoms with van der Waals surface area (Å²) < 4.78 is 14.6. The molecule has 0 unspecified atom stereocenters. The summed E-state index contributed by atoms with van der Waals surface area (Å²) in [6.07, 6.45) is 1.52. The Labute approximate surface area is 137 Å². The smallest absolute Gasteiger partial charge is 0.243 e. The van der Waals surface area contributed by atoms with E-state index in [0.717, 1.165) is 16.9 Å². The van der Waals surface area contributed by atoms with Crippen LogP contribution in [0.4, 0.5) is 15.8 Å². The maximum absolute atomic E-state index is 13.1. The number of hydrogen-bond acceptors (Lipinski definition) is 5. The zero-order valence-electron chi connectivity index (χ0n) is 12.9. The zero-order valence-corrected chi connectivity index (χ0v) is 12.9. The van der Waals surface area contributed by atoms with Crippen molar-refractivity contribution in [1.29, 1.82) is 0 Å². The second-order valence-corrected chi connectivity index (χ2v) is 5.17. The quantitative estimate of drug-likeness (QED) is 0.750. The average Bonchev–Trinajstić information content (AvgIpc) is 3.07. The summed E-state index contributed by atoms with van der Waals surface area (Å²) in [5, 5.41) is 16.7. The minimum atomic E-state index is -0.394. The summed E-state index contributed by atoms with van der Waals surface area (Å²) in [7, 11) is 0. The molecular weight excluding hydrogens is 311 g/mol. The van der Waals surface area contributed by atoms with Crippen molar-refractivity contribution in [3.8, 4) is 5.69 Å². The molecule has 2 aromatic carbocycles. The Morgan fingerprint density at radius 3 is 2.79 bits per heavy atom. The number of benzene rings is 2. The number of anilines is 2. The lowest BCUT2D eigenvalue weighted by Gasteiger charge is -2.10. The van der Waals surface area contributed by atoms with E-state index in [2.05, 4.69) is 26.2 Å². The highest BCUT2D eigenvalue weighted by molar-refractivity contribution is 5.93. The second-order valence-electron chi connectivity index (χ2n) is 5.17. The highest BCUT2D eigenvalue weighted by Crippen LogP contribution is 2.17. The Kier molecular flexibility index (Phi) is 4.46. The van der Waals surface area contributed by atoms with Crippen molar-refractivity contribution in [2.45, 2.75) is 6.92 Å². The summed E-state index contributed by atoms with van der Waals surface area (Å²) in [6, 6.07) is 11.3. The molecule has 1 heterocycles. The molecule has 1 amide bonds. The number of nitrogens with zero attached hydrogens (tertiary/aromatic N) is 4. The number of carbonyl (C=O) groups excluding carboxylic acids is 1. The minimum absolute atomic E-state index is 0.0696. The van der Waals surface area contributed by atoms with E-state index in [4.69, 9.17) is 0 Å². The zero-order chi connectivity index (χ0) is 16.9. The molecule has 3 aromatic rings. The van der Waals surface area contributed by atoms with Crippen molar-refractivity contribution >= 4 is 17.3 Å². The van der Waals surface area contributed by atoms with Gasteiger partial charge in [0, 0.05) is 11.4 Å². The van der Waals surface area contributed by atoms with Gasteiger partial charge in [0.25, 0.3) is 0 Å². The van der Waals surface area contributed by atoms with Crippen LogP contribution >= 0.6 is 0 Å². The van der Waals surface area contributed by atoms with Crippen molar-refractivity contribution in [3.05, 3.63) is 60.2 Å². The van der Waals surface area contributed by atoms with E-state index in [9.17, 15) is 9.18 Å². The van der Waals surface area contributed by atoms with Gasteiger partial charge in [0.2, 0.25) is 5.91 Å². The lowest BCUT2D eigenvalue weighted by Crippen LogP contribution is -2.21. The van der Waals surface area contributed by atoms with Gasteiger partial charge < -0.3 is 10.6 Å². The first-order chi connectivity index (χ1) is 11.6. The lowest BCUT2D eigenvalue weighted by atomic mass is 10.2. The Bertz CT molecular complexity index is 850. The van der Waals surface area contributed by atoms with Gasteiger partial charge in [-0.3, -0.25) is 4.79 Å². The summed E-state index contributed by atoms with van der Waals surface area (Å²) in [5.74, 6) is -0.655. The van der Waals surface area contributed by atoms with E-state index in [-0.39, 0.29) is 12.5 Å². The first-order valence-corrected chi connectivity index (χ1v) is 7.25. The number of rotatable bonds is 5. The van der Waals surface area contributed by atoms with Crippen LogP contribution in [0.5, 0.6) is 0 Å². The molecule has 0 bridgehead atoms. The number of nitrogens with one attached hydrogen (secondary N) is 2. The third-order valence-corrected chi connectivity index (χ3v) is 3.35. The summed E-state index contributed by atoms with van der Waals surface area (Å²) in [4.78, 5) is 11.9. The summed E-state index contributed by atoms with van der Waals surface area (Å²) >= 11 is 0. The number of amides is 1. The topological polar surface area (TPSA) is 84.7 Å².